The number of carbonyl (C=O) groups excluding carboxylic acids is 2. The van der Waals surface area contributed by atoms with E-state index in [0.717, 1.165) is 0 Å². The van der Waals surface area contributed by atoms with Crippen molar-refractivity contribution in [3.8, 4) is 0 Å². The summed E-state index contributed by atoms with van der Waals surface area (Å²) in [5.41, 5.74) is 0. The summed E-state index contributed by atoms with van der Waals surface area (Å²) in [6.45, 7) is 3.72. The van der Waals surface area contributed by atoms with Gasteiger partial charge in [-0.15, -0.1) is 6.58 Å². The van der Waals surface area contributed by atoms with Gasteiger partial charge in [-0.1, -0.05) is 17.8 Å². The SMILES string of the molecule is C=CCN1C(SCC(O)CO)=NC2C1C(=O)NC(=O)N2C. The number of amidine groups is 1. The van der Waals surface area contributed by atoms with Gasteiger partial charge in [0.05, 0.1) is 12.7 Å². The Morgan fingerprint density at radius 1 is 1.57 bits per heavy atom. The molecule has 3 N–H and O–H groups in total. The Hall–Kier alpha value is -1.58. The van der Waals surface area contributed by atoms with Crippen LogP contribution >= 0.6 is 11.8 Å². The molecular weight excluding hydrogens is 296 g/mol. The van der Waals surface area contributed by atoms with Crippen molar-refractivity contribution in [2.24, 2.45) is 4.99 Å². The van der Waals surface area contributed by atoms with Crippen LogP contribution in [0.15, 0.2) is 17.6 Å². The van der Waals surface area contributed by atoms with E-state index in [2.05, 4.69) is 16.9 Å². The molecule has 2 rings (SSSR count). The number of aliphatic hydroxyl groups excluding tert-OH is 2. The molecule has 0 spiro atoms. The van der Waals surface area contributed by atoms with Crippen LogP contribution in [-0.4, -0.2) is 81.4 Å². The number of thioether (sulfide) groups is 1. The van der Waals surface area contributed by atoms with Crippen LogP contribution in [0.4, 0.5) is 4.79 Å². The molecule has 0 aromatic carbocycles. The number of nitrogens with one attached hydrogen (secondary N) is 1. The number of hydrogen-bond donors (Lipinski definition) is 3. The molecule has 8 nitrogen and oxygen atoms in total. The predicted molar refractivity (Wildman–Crippen MR) is 78.8 cm³/mol. The van der Waals surface area contributed by atoms with Crippen molar-refractivity contribution in [3.63, 3.8) is 0 Å². The molecule has 0 bridgehead atoms. The fourth-order valence-electron chi connectivity index (χ4n) is 2.18. The van der Waals surface area contributed by atoms with E-state index in [1.54, 1.807) is 18.0 Å². The summed E-state index contributed by atoms with van der Waals surface area (Å²) in [5, 5.41) is 21.1. The maximum Gasteiger partial charge on any atom is 0.325 e. The van der Waals surface area contributed by atoms with E-state index in [1.807, 2.05) is 0 Å². The number of imide groups is 1. The van der Waals surface area contributed by atoms with E-state index >= 15 is 0 Å². The Morgan fingerprint density at radius 2 is 2.29 bits per heavy atom. The molecule has 1 saturated heterocycles. The van der Waals surface area contributed by atoms with Crippen LogP contribution < -0.4 is 5.32 Å². The summed E-state index contributed by atoms with van der Waals surface area (Å²) < 4.78 is 0. The van der Waals surface area contributed by atoms with E-state index in [-0.39, 0.29) is 12.4 Å². The molecule has 9 heteroatoms. The van der Waals surface area contributed by atoms with E-state index in [4.69, 9.17) is 5.11 Å². The molecule has 0 radical (unpaired) electrons. The Labute approximate surface area is 126 Å². The first-order chi connectivity index (χ1) is 9.99. The van der Waals surface area contributed by atoms with Crippen molar-refractivity contribution in [2.75, 3.05) is 26.0 Å². The van der Waals surface area contributed by atoms with Crippen LogP contribution in [-0.2, 0) is 4.79 Å². The summed E-state index contributed by atoms with van der Waals surface area (Å²) in [6.07, 6.45) is 0.198. The van der Waals surface area contributed by atoms with Gasteiger partial charge in [0.1, 0.15) is 0 Å². The number of fused-ring (bicyclic) bond motifs is 1. The average Bonchev–Trinajstić information content (AvgIpc) is 2.82. The number of aliphatic imine (C=N–C) groups is 1. The van der Waals surface area contributed by atoms with Gasteiger partial charge in [0.15, 0.2) is 17.4 Å². The van der Waals surface area contributed by atoms with Crippen LogP contribution in [0.3, 0.4) is 0 Å². The van der Waals surface area contributed by atoms with Gasteiger partial charge in [-0.25, -0.2) is 9.79 Å². The van der Waals surface area contributed by atoms with Gasteiger partial charge in [0, 0.05) is 19.3 Å². The lowest BCUT2D eigenvalue weighted by Gasteiger charge is -2.35. The molecule has 2 heterocycles. The number of nitrogens with zero attached hydrogens (tertiary/aromatic N) is 3. The van der Waals surface area contributed by atoms with Gasteiger partial charge >= 0.3 is 6.03 Å². The van der Waals surface area contributed by atoms with Gasteiger partial charge in [-0.2, -0.15) is 0 Å². The van der Waals surface area contributed by atoms with Crippen molar-refractivity contribution in [2.45, 2.75) is 18.3 Å². The number of rotatable bonds is 5. The Balaban J connectivity index is 2.20. The molecule has 116 valence electrons. The zero-order valence-corrected chi connectivity index (χ0v) is 12.4. The monoisotopic (exact) mass is 314 g/mol. The Kier molecular flexibility index (Phi) is 4.86. The lowest BCUT2D eigenvalue weighted by Crippen LogP contribution is -2.63. The highest BCUT2D eigenvalue weighted by atomic mass is 32.2. The summed E-state index contributed by atoms with van der Waals surface area (Å²) in [6, 6.07) is -1.08. The van der Waals surface area contributed by atoms with E-state index < -0.39 is 30.2 Å². The number of likely N-dealkylation sites (N-methyl/N-ethyl adjacent to an activating group) is 1. The lowest BCUT2D eigenvalue weighted by atomic mass is 10.1. The zero-order chi connectivity index (χ0) is 15.6. The van der Waals surface area contributed by atoms with Crippen LogP contribution in [0.5, 0.6) is 0 Å². The fourth-order valence-corrected chi connectivity index (χ4v) is 3.16. The molecule has 2 aliphatic heterocycles. The molecule has 1 fully saturated rings. The van der Waals surface area contributed by atoms with Gasteiger partial charge in [0.2, 0.25) is 0 Å². The van der Waals surface area contributed by atoms with Crippen molar-refractivity contribution in [3.05, 3.63) is 12.7 Å². The van der Waals surface area contributed by atoms with Gasteiger partial charge in [-0.3, -0.25) is 10.1 Å². The van der Waals surface area contributed by atoms with Gasteiger partial charge in [-0.05, 0) is 0 Å². The molecule has 3 amide bonds. The molecule has 3 atom stereocenters. The molecule has 0 aromatic heterocycles. The summed E-state index contributed by atoms with van der Waals surface area (Å²) in [7, 11) is 1.57. The van der Waals surface area contributed by atoms with Crippen molar-refractivity contribution < 1.29 is 19.8 Å². The second-order valence-electron chi connectivity index (χ2n) is 4.76. The van der Waals surface area contributed by atoms with Crippen LogP contribution in [0.25, 0.3) is 0 Å². The number of hydrogen-bond acceptors (Lipinski definition) is 7. The highest BCUT2D eigenvalue weighted by Crippen LogP contribution is 2.28. The summed E-state index contributed by atoms with van der Waals surface area (Å²) in [5.74, 6) is -0.145. The molecule has 2 aliphatic rings. The maximum atomic E-state index is 12.1. The minimum Gasteiger partial charge on any atom is -0.394 e. The molecule has 0 aromatic rings. The fraction of sp³-hybridized carbons (Fsp3) is 0.583. The minimum atomic E-state index is -0.862. The molecule has 0 aliphatic carbocycles. The average molecular weight is 314 g/mol. The van der Waals surface area contributed by atoms with Gasteiger partial charge < -0.3 is 20.0 Å². The summed E-state index contributed by atoms with van der Waals surface area (Å²) >= 11 is 1.24. The highest BCUT2D eigenvalue weighted by Gasteiger charge is 2.48. The first-order valence-corrected chi connectivity index (χ1v) is 7.42. The first kappa shape index (κ1) is 15.8. The van der Waals surface area contributed by atoms with Crippen LogP contribution in [0.1, 0.15) is 0 Å². The van der Waals surface area contributed by atoms with Crippen LogP contribution in [0, 0.1) is 0 Å². The number of carbonyl (C=O) groups is 2. The minimum absolute atomic E-state index is 0.252. The second kappa shape index (κ2) is 6.46. The number of urea groups is 1. The third kappa shape index (κ3) is 3.04. The molecule has 21 heavy (non-hydrogen) atoms. The van der Waals surface area contributed by atoms with E-state index in [1.165, 1.54) is 16.7 Å². The van der Waals surface area contributed by atoms with Crippen molar-refractivity contribution in [1.29, 1.82) is 0 Å². The van der Waals surface area contributed by atoms with Crippen LogP contribution in [0.2, 0.25) is 0 Å². The zero-order valence-electron chi connectivity index (χ0n) is 11.6. The predicted octanol–water partition coefficient (Wildman–Crippen LogP) is -1.19. The van der Waals surface area contributed by atoms with Crippen molar-refractivity contribution in [1.82, 2.24) is 15.1 Å². The van der Waals surface area contributed by atoms with E-state index in [0.29, 0.717) is 11.7 Å². The van der Waals surface area contributed by atoms with Crippen molar-refractivity contribution >= 4 is 28.9 Å². The lowest BCUT2D eigenvalue weighted by molar-refractivity contribution is -0.126. The second-order valence-corrected chi connectivity index (χ2v) is 5.75. The number of aliphatic hydroxyl groups is 2. The molecule has 3 unspecified atom stereocenters. The topological polar surface area (TPSA) is 105 Å². The smallest absolute Gasteiger partial charge is 0.325 e. The van der Waals surface area contributed by atoms with Gasteiger partial charge in [0.25, 0.3) is 5.91 Å². The number of amides is 3. The molecular formula is C12H18N4O4S. The largest absolute Gasteiger partial charge is 0.394 e. The summed E-state index contributed by atoms with van der Waals surface area (Å²) in [4.78, 5) is 31.2. The molecule has 0 saturated carbocycles. The first-order valence-electron chi connectivity index (χ1n) is 6.44. The standard InChI is InChI=1S/C12H18N4O4S/c1-3-4-16-8-9(15(2)11(20)14-10(8)19)13-12(16)21-6-7(18)5-17/h3,7-9,17-18H,1,4-6H2,2H3,(H,14,19,20). The third-order valence-corrected chi connectivity index (χ3v) is 4.41. The quantitative estimate of drug-likeness (QED) is 0.551. The maximum absolute atomic E-state index is 12.1. The highest BCUT2D eigenvalue weighted by molar-refractivity contribution is 8.13. The Morgan fingerprint density at radius 3 is 2.90 bits per heavy atom. The Bertz CT molecular complexity index is 484. The normalized spacial score (nSPS) is 26.3. The third-order valence-electron chi connectivity index (χ3n) is 3.26. The van der Waals surface area contributed by atoms with E-state index in [9.17, 15) is 14.7 Å².